The van der Waals surface area contributed by atoms with Crippen LogP contribution in [-0.2, 0) is 16.0 Å². The lowest BCUT2D eigenvalue weighted by molar-refractivity contribution is -0.129. The molecule has 0 aliphatic carbocycles. The summed E-state index contributed by atoms with van der Waals surface area (Å²) in [5.41, 5.74) is 2.25. The fourth-order valence-corrected chi connectivity index (χ4v) is 2.23. The number of carbonyl (C=O) groups excluding carboxylic acids is 1. The van der Waals surface area contributed by atoms with Crippen molar-refractivity contribution >= 4 is 11.6 Å². The van der Waals surface area contributed by atoms with Gasteiger partial charge in [0.15, 0.2) is 0 Å². The minimum absolute atomic E-state index is 0.0456. The highest BCUT2D eigenvalue weighted by molar-refractivity contribution is 5.78. The van der Waals surface area contributed by atoms with Crippen LogP contribution in [0.15, 0.2) is 24.3 Å². The average molecular weight is 276 g/mol. The molecule has 0 aromatic heterocycles. The van der Waals surface area contributed by atoms with Crippen molar-refractivity contribution in [3.63, 3.8) is 0 Å². The molecule has 1 aromatic carbocycles. The number of ether oxygens (including phenoxy) is 1. The Morgan fingerprint density at radius 3 is 2.95 bits per heavy atom. The molecule has 1 aliphatic rings. The maximum atomic E-state index is 11.8. The van der Waals surface area contributed by atoms with Crippen molar-refractivity contribution in [2.45, 2.75) is 45.3 Å². The van der Waals surface area contributed by atoms with Gasteiger partial charge >= 0.3 is 0 Å². The number of anilines is 1. The summed E-state index contributed by atoms with van der Waals surface area (Å²) in [5.74, 6) is -0.0456. The van der Waals surface area contributed by atoms with Gasteiger partial charge in [-0.15, -0.1) is 0 Å². The highest BCUT2D eigenvalue weighted by Gasteiger charge is 2.21. The minimum Gasteiger partial charge on any atom is -0.382 e. The average Bonchev–Trinajstić information content (AvgIpc) is 2.44. The van der Waals surface area contributed by atoms with E-state index in [1.54, 1.807) is 0 Å². The van der Waals surface area contributed by atoms with Gasteiger partial charge in [0.05, 0.1) is 6.10 Å². The predicted molar refractivity (Wildman–Crippen MR) is 80.9 cm³/mol. The summed E-state index contributed by atoms with van der Waals surface area (Å²) in [7, 11) is 0. The van der Waals surface area contributed by atoms with E-state index >= 15 is 0 Å². The summed E-state index contributed by atoms with van der Waals surface area (Å²) in [4.78, 5) is 11.8. The topological polar surface area (TPSA) is 50.4 Å². The molecular formula is C16H24N2O2. The number of rotatable bonds is 5. The molecule has 0 saturated heterocycles. The van der Waals surface area contributed by atoms with Crippen molar-refractivity contribution in [1.82, 2.24) is 5.32 Å². The zero-order valence-corrected chi connectivity index (χ0v) is 12.5. The Labute approximate surface area is 120 Å². The van der Waals surface area contributed by atoms with Crippen LogP contribution in [0.3, 0.4) is 0 Å². The van der Waals surface area contributed by atoms with Crippen molar-refractivity contribution in [3.05, 3.63) is 29.8 Å². The molecule has 20 heavy (non-hydrogen) atoms. The summed E-state index contributed by atoms with van der Waals surface area (Å²) in [6, 6.07) is 8.22. The normalized spacial score (nSPS) is 18.1. The summed E-state index contributed by atoms with van der Waals surface area (Å²) in [6.07, 6.45) is 1.81. The Balaban J connectivity index is 1.80. The lowest BCUT2D eigenvalue weighted by atomic mass is 10.0. The van der Waals surface area contributed by atoms with Crippen LogP contribution in [0.4, 0.5) is 5.69 Å². The molecule has 0 spiro atoms. The van der Waals surface area contributed by atoms with Crippen LogP contribution in [0, 0.1) is 0 Å². The van der Waals surface area contributed by atoms with Gasteiger partial charge < -0.3 is 15.4 Å². The zero-order chi connectivity index (χ0) is 14.6. The SMILES string of the molecule is CCC(C)(C)NC(=O)COC1CNc2ccccc2C1. The van der Waals surface area contributed by atoms with E-state index in [9.17, 15) is 4.79 Å². The largest absolute Gasteiger partial charge is 0.382 e. The molecular weight excluding hydrogens is 252 g/mol. The number of hydrogen-bond donors (Lipinski definition) is 2. The molecule has 2 rings (SSSR count). The molecule has 4 nitrogen and oxygen atoms in total. The summed E-state index contributed by atoms with van der Waals surface area (Å²) < 4.78 is 5.72. The van der Waals surface area contributed by atoms with E-state index in [2.05, 4.69) is 29.7 Å². The second-order valence-corrected chi connectivity index (χ2v) is 5.96. The van der Waals surface area contributed by atoms with Gasteiger partial charge in [0.1, 0.15) is 6.61 Å². The third-order valence-corrected chi connectivity index (χ3v) is 3.80. The van der Waals surface area contributed by atoms with E-state index in [-0.39, 0.29) is 24.2 Å². The van der Waals surface area contributed by atoms with E-state index in [1.165, 1.54) is 11.3 Å². The lowest BCUT2D eigenvalue weighted by Crippen LogP contribution is -2.45. The van der Waals surface area contributed by atoms with Crippen LogP contribution >= 0.6 is 0 Å². The summed E-state index contributed by atoms with van der Waals surface area (Å²) >= 11 is 0. The molecule has 1 heterocycles. The Morgan fingerprint density at radius 1 is 1.45 bits per heavy atom. The van der Waals surface area contributed by atoms with Gasteiger partial charge in [-0.3, -0.25) is 4.79 Å². The van der Waals surface area contributed by atoms with E-state index in [0.29, 0.717) is 0 Å². The second kappa shape index (κ2) is 6.27. The fraction of sp³-hybridized carbons (Fsp3) is 0.562. The maximum Gasteiger partial charge on any atom is 0.246 e. The molecule has 0 fully saturated rings. The number of carbonyl (C=O) groups is 1. The van der Waals surface area contributed by atoms with Gasteiger partial charge in [-0.2, -0.15) is 0 Å². The van der Waals surface area contributed by atoms with Crippen molar-refractivity contribution < 1.29 is 9.53 Å². The highest BCUT2D eigenvalue weighted by atomic mass is 16.5. The first-order valence-electron chi connectivity index (χ1n) is 7.24. The van der Waals surface area contributed by atoms with Gasteiger partial charge in [-0.05, 0) is 31.9 Å². The van der Waals surface area contributed by atoms with Gasteiger partial charge in [0.25, 0.3) is 0 Å². The van der Waals surface area contributed by atoms with Crippen LogP contribution in [0.1, 0.15) is 32.8 Å². The number of fused-ring (bicyclic) bond motifs is 1. The molecule has 1 aromatic rings. The van der Waals surface area contributed by atoms with E-state index in [0.717, 1.165) is 19.4 Å². The van der Waals surface area contributed by atoms with Gasteiger partial charge in [-0.1, -0.05) is 25.1 Å². The van der Waals surface area contributed by atoms with Crippen molar-refractivity contribution in [1.29, 1.82) is 0 Å². The lowest BCUT2D eigenvalue weighted by Gasteiger charge is -2.28. The summed E-state index contributed by atoms with van der Waals surface area (Å²) in [5, 5.41) is 6.32. The molecule has 1 aliphatic heterocycles. The first kappa shape index (κ1) is 14.9. The van der Waals surface area contributed by atoms with Gasteiger partial charge in [-0.25, -0.2) is 0 Å². The van der Waals surface area contributed by atoms with E-state index < -0.39 is 0 Å². The molecule has 0 saturated carbocycles. The molecule has 1 amide bonds. The molecule has 1 unspecified atom stereocenters. The highest BCUT2D eigenvalue weighted by Crippen LogP contribution is 2.22. The maximum absolute atomic E-state index is 11.8. The Morgan fingerprint density at radius 2 is 2.20 bits per heavy atom. The zero-order valence-electron chi connectivity index (χ0n) is 12.5. The standard InChI is InChI=1S/C16H24N2O2/c1-4-16(2,3)18-15(19)11-20-13-9-12-7-5-6-8-14(12)17-10-13/h5-8,13,17H,4,9-11H2,1-3H3,(H,18,19). The Hall–Kier alpha value is -1.55. The minimum atomic E-state index is -0.169. The summed E-state index contributed by atoms with van der Waals surface area (Å²) in [6.45, 7) is 6.97. The third kappa shape index (κ3) is 3.97. The smallest absolute Gasteiger partial charge is 0.246 e. The van der Waals surface area contributed by atoms with Gasteiger partial charge in [0.2, 0.25) is 5.91 Å². The molecule has 110 valence electrons. The van der Waals surface area contributed by atoms with Gasteiger partial charge in [0, 0.05) is 24.2 Å². The fourth-order valence-electron chi connectivity index (χ4n) is 2.23. The number of benzene rings is 1. The monoisotopic (exact) mass is 276 g/mol. The molecule has 0 bridgehead atoms. The first-order valence-corrected chi connectivity index (χ1v) is 7.24. The molecule has 2 N–H and O–H groups in total. The second-order valence-electron chi connectivity index (χ2n) is 5.96. The first-order chi connectivity index (χ1) is 9.50. The third-order valence-electron chi connectivity index (χ3n) is 3.80. The molecule has 0 radical (unpaired) electrons. The number of hydrogen-bond acceptors (Lipinski definition) is 3. The van der Waals surface area contributed by atoms with Crippen LogP contribution < -0.4 is 10.6 Å². The van der Waals surface area contributed by atoms with Crippen molar-refractivity contribution in [2.75, 3.05) is 18.5 Å². The molecule has 4 heteroatoms. The van der Waals surface area contributed by atoms with Crippen molar-refractivity contribution in [3.8, 4) is 0 Å². The Bertz CT molecular complexity index is 471. The van der Waals surface area contributed by atoms with E-state index in [4.69, 9.17) is 4.74 Å². The predicted octanol–water partition coefficient (Wildman–Crippen LogP) is 2.34. The Kier molecular flexibility index (Phi) is 4.65. The number of nitrogens with one attached hydrogen (secondary N) is 2. The van der Waals surface area contributed by atoms with Crippen LogP contribution in [0.2, 0.25) is 0 Å². The number of amides is 1. The van der Waals surface area contributed by atoms with Crippen LogP contribution in [-0.4, -0.2) is 30.7 Å². The number of para-hydroxylation sites is 1. The van der Waals surface area contributed by atoms with E-state index in [1.807, 2.05) is 26.0 Å². The van der Waals surface area contributed by atoms with Crippen LogP contribution in [0.5, 0.6) is 0 Å². The molecule has 1 atom stereocenters. The van der Waals surface area contributed by atoms with Crippen LogP contribution in [0.25, 0.3) is 0 Å². The quantitative estimate of drug-likeness (QED) is 0.868. The van der Waals surface area contributed by atoms with Crippen molar-refractivity contribution in [2.24, 2.45) is 0 Å².